The molecule has 2 rings (SSSR count). The minimum Gasteiger partial charge on any atom is -0.387 e. The average Bonchev–Trinajstić information content (AvgIpc) is 2.89. The zero-order chi connectivity index (χ0) is 19.3. The first kappa shape index (κ1) is 20.8. The zero-order valence-corrected chi connectivity index (χ0v) is 15.6. The molecule has 1 unspecified atom stereocenters. The lowest BCUT2D eigenvalue weighted by Gasteiger charge is -2.19. The van der Waals surface area contributed by atoms with Crippen molar-refractivity contribution in [3.05, 3.63) is 45.0 Å². The Kier molecular flexibility index (Phi) is 7.10. The predicted octanol–water partition coefficient (Wildman–Crippen LogP) is 0.590. The van der Waals surface area contributed by atoms with Gasteiger partial charge in [-0.2, -0.15) is 0 Å². The van der Waals surface area contributed by atoms with Crippen LogP contribution in [0.5, 0.6) is 0 Å². The van der Waals surface area contributed by atoms with Crippen molar-refractivity contribution in [1.82, 2.24) is 9.55 Å². The number of aromatic nitrogens is 2. The van der Waals surface area contributed by atoms with Gasteiger partial charge >= 0.3 is 13.3 Å². The van der Waals surface area contributed by atoms with Crippen LogP contribution in [0.15, 0.2) is 33.7 Å². The second kappa shape index (κ2) is 8.90. The van der Waals surface area contributed by atoms with Crippen molar-refractivity contribution < 1.29 is 28.2 Å². The van der Waals surface area contributed by atoms with Crippen molar-refractivity contribution in [3.8, 4) is 0 Å². The SMILES string of the molecule is CCOP(=O)(/C=C/[C@H]1O[C@@H](n2ccc(=O)[nH]c2=O)C(OC)[C@H]1O)OCC. The monoisotopic (exact) mass is 390 g/mol. The molecule has 10 nitrogen and oxygen atoms in total. The van der Waals surface area contributed by atoms with Crippen molar-refractivity contribution in [2.24, 2.45) is 0 Å². The van der Waals surface area contributed by atoms with Gasteiger partial charge in [0.05, 0.1) is 13.2 Å². The molecule has 26 heavy (non-hydrogen) atoms. The third-order valence-corrected chi connectivity index (χ3v) is 5.50. The van der Waals surface area contributed by atoms with Crippen LogP contribution in [0.25, 0.3) is 0 Å². The van der Waals surface area contributed by atoms with Gasteiger partial charge in [-0.15, -0.1) is 0 Å². The largest absolute Gasteiger partial charge is 0.387 e. The summed E-state index contributed by atoms with van der Waals surface area (Å²) in [5, 5.41) is 10.4. The van der Waals surface area contributed by atoms with E-state index in [0.717, 1.165) is 10.6 Å². The number of H-pyrrole nitrogens is 1. The fourth-order valence-electron chi connectivity index (χ4n) is 2.61. The first-order valence-electron chi connectivity index (χ1n) is 8.11. The highest BCUT2D eigenvalue weighted by atomic mass is 31.2. The van der Waals surface area contributed by atoms with Gasteiger partial charge in [0.25, 0.3) is 5.56 Å². The minimum atomic E-state index is -3.46. The molecule has 0 bridgehead atoms. The van der Waals surface area contributed by atoms with Crippen LogP contribution < -0.4 is 11.2 Å². The Hall–Kier alpha value is -1.55. The van der Waals surface area contributed by atoms with Gasteiger partial charge in [0.15, 0.2) is 6.23 Å². The number of aromatic amines is 1. The van der Waals surface area contributed by atoms with Crippen molar-refractivity contribution in [2.45, 2.75) is 38.4 Å². The summed E-state index contributed by atoms with van der Waals surface area (Å²) in [7, 11) is -2.10. The average molecular weight is 390 g/mol. The van der Waals surface area contributed by atoms with Gasteiger partial charge in [-0.1, -0.05) is 0 Å². The summed E-state index contributed by atoms with van der Waals surface area (Å²) in [6.45, 7) is 3.73. The molecule has 11 heteroatoms. The van der Waals surface area contributed by atoms with Crippen LogP contribution in [0.2, 0.25) is 0 Å². The summed E-state index contributed by atoms with van der Waals surface area (Å²) < 4.78 is 34.8. The van der Waals surface area contributed by atoms with Crippen LogP contribution >= 0.6 is 7.60 Å². The number of rotatable bonds is 8. The molecule has 0 amide bonds. The molecule has 1 aromatic heterocycles. The highest BCUT2D eigenvalue weighted by molar-refractivity contribution is 7.57. The Labute approximate surface area is 149 Å². The van der Waals surface area contributed by atoms with Crippen molar-refractivity contribution >= 4 is 7.60 Å². The standard InChI is InChI=1S/C15H23N2O8P/c1-4-23-26(21,24-5-2)9-7-10-12(19)13(22-3)14(25-10)17-8-6-11(18)16-15(17)20/h6-10,12-14,19H,4-5H2,1-3H3,(H,16,18,20)/b9-7+/t10-,12+,13?,14-/m1/s1. The van der Waals surface area contributed by atoms with E-state index in [1.54, 1.807) is 13.8 Å². The molecule has 1 aromatic rings. The number of ether oxygens (including phenoxy) is 2. The van der Waals surface area contributed by atoms with E-state index in [-0.39, 0.29) is 13.2 Å². The maximum absolute atomic E-state index is 12.5. The first-order chi connectivity index (χ1) is 12.3. The molecule has 1 aliphatic rings. The van der Waals surface area contributed by atoms with Crippen LogP contribution in [0, 0.1) is 0 Å². The molecular formula is C15H23N2O8P. The lowest BCUT2D eigenvalue weighted by atomic mass is 10.1. The molecule has 0 saturated carbocycles. The van der Waals surface area contributed by atoms with Crippen molar-refractivity contribution in [1.29, 1.82) is 0 Å². The fourth-order valence-corrected chi connectivity index (χ4v) is 3.96. The summed E-state index contributed by atoms with van der Waals surface area (Å²) in [6.07, 6.45) is -1.31. The van der Waals surface area contributed by atoms with E-state index in [9.17, 15) is 19.3 Å². The molecule has 2 heterocycles. The van der Waals surface area contributed by atoms with Crippen molar-refractivity contribution in [2.75, 3.05) is 20.3 Å². The lowest BCUT2D eigenvalue weighted by Crippen LogP contribution is -2.38. The molecule has 0 spiro atoms. The summed E-state index contributed by atoms with van der Waals surface area (Å²) in [5.41, 5.74) is -1.25. The first-order valence-corrected chi connectivity index (χ1v) is 9.72. The second-order valence-electron chi connectivity index (χ2n) is 5.42. The van der Waals surface area contributed by atoms with Gasteiger partial charge in [0.1, 0.15) is 18.3 Å². The van der Waals surface area contributed by atoms with Gasteiger partial charge in [0.2, 0.25) is 0 Å². The van der Waals surface area contributed by atoms with E-state index in [1.807, 2.05) is 0 Å². The van der Waals surface area contributed by atoms with E-state index in [1.165, 1.54) is 25.2 Å². The number of aliphatic hydroxyl groups excluding tert-OH is 1. The molecule has 2 N–H and O–H groups in total. The number of hydrogen-bond acceptors (Lipinski definition) is 8. The third kappa shape index (κ3) is 4.59. The van der Waals surface area contributed by atoms with E-state index >= 15 is 0 Å². The number of nitrogens with one attached hydrogen (secondary N) is 1. The summed E-state index contributed by atoms with van der Waals surface area (Å²) in [4.78, 5) is 25.3. The van der Waals surface area contributed by atoms with Crippen LogP contribution in [0.3, 0.4) is 0 Å². The molecule has 4 atom stereocenters. The molecule has 146 valence electrons. The van der Waals surface area contributed by atoms with Crippen LogP contribution in [0.1, 0.15) is 20.1 Å². The van der Waals surface area contributed by atoms with Gasteiger partial charge in [-0.3, -0.25) is 18.9 Å². The molecule has 1 fully saturated rings. The normalized spacial score (nSPS) is 26.6. The Balaban J connectivity index is 2.27. The molecular weight excluding hydrogens is 367 g/mol. The number of methoxy groups -OCH3 is 1. The van der Waals surface area contributed by atoms with Gasteiger partial charge in [0, 0.05) is 25.2 Å². The molecule has 0 radical (unpaired) electrons. The second-order valence-corrected chi connectivity index (χ2v) is 7.31. The van der Waals surface area contributed by atoms with Crippen LogP contribution in [-0.4, -0.2) is 53.3 Å². The summed E-state index contributed by atoms with van der Waals surface area (Å²) >= 11 is 0. The van der Waals surface area contributed by atoms with Crippen molar-refractivity contribution in [3.63, 3.8) is 0 Å². The van der Waals surface area contributed by atoms with Gasteiger partial charge < -0.3 is 23.6 Å². The Bertz CT molecular complexity index is 778. The maximum Gasteiger partial charge on any atom is 0.353 e. The van der Waals surface area contributed by atoms with Gasteiger partial charge in [-0.05, 0) is 19.9 Å². The van der Waals surface area contributed by atoms with Gasteiger partial charge in [-0.25, -0.2) is 4.79 Å². The fraction of sp³-hybridized carbons (Fsp3) is 0.600. The number of aliphatic hydroxyl groups is 1. The zero-order valence-electron chi connectivity index (χ0n) is 14.7. The molecule has 0 aromatic carbocycles. The highest BCUT2D eigenvalue weighted by Crippen LogP contribution is 2.50. The van der Waals surface area contributed by atoms with Crippen LogP contribution in [0.4, 0.5) is 0 Å². The molecule has 1 aliphatic heterocycles. The quantitative estimate of drug-likeness (QED) is 0.617. The number of nitrogens with zero attached hydrogens (tertiary/aromatic N) is 1. The highest BCUT2D eigenvalue weighted by Gasteiger charge is 2.44. The third-order valence-electron chi connectivity index (χ3n) is 3.72. The Morgan fingerprint density at radius 2 is 2.00 bits per heavy atom. The summed E-state index contributed by atoms with van der Waals surface area (Å²) in [6, 6.07) is 1.16. The minimum absolute atomic E-state index is 0.186. The predicted molar refractivity (Wildman–Crippen MR) is 92.0 cm³/mol. The molecule has 0 aliphatic carbocycles. The topological polar surface area (TPSA) is 129 Å². The van der Waals surface area contributed by atoms with Crippen LogP contribution in [-0.2, 0) is 23.1 Å². The lowest BCUT2D eigenvalue weighted by molar-refractivity contribution is -0.0491. The van der Waals surface area contributed by atoms with E-state index < -0.39 is 43.4 Å². The van der Waals surface area contributed by atoms with E-state index in [0.29, 0.717) is 0 Å². The Morgan fingerprint density at radius 1 is 1.35 bits per heavy atom. The molecule has 1 saturated heterocycles. The Morgan fingerprint density at radius 3 is 2.54 bits per heavy atom. The van der Waals surface area contributed by atoms with E-state index in [2.05, 4.69) is 4.98 Å². The summed E-state index contributed by atoms with van der Waals surface area (Å²) in [5.74, 6) is 1.22. The van der Waals surface area contributed by atoms with E-state index in [4.69, 9.17) is 18.5 Å². The maximum atomic E-state index is 12.5. The number of hydrogen-bond donors (Lipinski definition) is 2. The smallest absolute Gasteiger partial charge is 0.353 e.